The summed E-state index contributed by atoms with van der Waals surface area (Å²) >= 11 is 0. The van der Waals surface area contributed by atoms with Gasteiger partial charge in [-0.05, 0) is 37.0 Å². The van der Waals surface area contributed by atoms with Crippen molar-refractivity contribution in [1.29, 1.82) is 0 Å². The first-order valence-corrected chi connectivity index (χ1v) is 6.61. The lowest BCUT2D eigenvalue weighted by molar-refractivity contribution is -0.148. The zero-order valence-electron chi connectivity index (χ0n) is 11.4. The van der Waals surface area contributed by atoms with Crippen molar-refractivity contribution < 1.29 is 19.5 Å². The van der Waals surface area contributed by atoms with Crippen molar-refractivity contribution >= 4 is 17.9 Å². The quantitative estimate of drug-likeness (QED) is 0.634. The smallest absolute Gasteiger partial charge is 0.329 e. The lowest BCUT2D eigenvalue weighted by atomic mass is 9.76. The molecule has 0 atom stereocenters. The van der Waals surface area contributed by atoms with Crippen LogP contribution in [0, 0.1) is 0 Å². The van der Waals surface area contributed by atoms with Gasteiger partial charge >= 0.3 is 12.0 Å². The molecule has 0 saturated heterocycles. The van der Waals surface area contributed by atoms with Gasteiger partial charge in [-0.25, -0.2) is 9.59 Å². The first-order valence-electron chi connectivity index (χ1n) is 6.61. The van der Waals surface area contributed by atoms with Gasteiger partial charge in [-0.2, -0.15) is 0 Å². The monoisotopic (exact) mass is 291 g/mol. The number of rotatable bonds is 5. The SMILES string of the molecule is NC(=O)NCc1ccc(C(=O)NC2(C(=O)O)CCC2)cc1. The Morgan fingerprint density at radius 1 is 1.19 bits per heavy atom. The van der Waals surface area contributed by atoms with E-state index in [-0.39, 0.29) is 6.54 Å². The van der Waals surface area contributed by atoms with Crippen molar-refractivity contribution in [3.8, 4) is 0 Å². The molecular weight excluding hydrogens is 274 g/mol. The molecule has 0 bridgehead atoms. The van der Waals surface area contributed by atoms with E-state index in [9.17, 15) is 19.5 Å². The normalized spacial score (nSPS) is 15.6. The van der Waals surface area contributed by atoms with Crippen LogP contribution >= 0.6 is 0 Å². The summed E-state index contributed by atoms with van der Waals surface area (Å²) in [5, 5.41) is 14.2. The molecule has 1 aromatic carbocycles. The molecule has 0 radical (unpaired) electrons. The molecule has 1 saturated carbocycles. The average molecular weight is 291 g/mol. The lowest BCUT2D eigenvalue weighted by Crippen LogP contribution is -2.59. The highest BCUT2D eigenvalue weighted by Crippen LogP contribution is 2.32. The number of urea groups is 1. The lowest BCUT2D eigenvalue weighted by Gasteiger charge is -2.38. The predicted octanol–water partition coefficient (Wildman–Crippen LogP) is 0.592. The van der Waals surface area contributed by atoms with Crippen molar-refractivity contribution in [3.05, 3.63) is 35.4 Å². The summed E-state index contributed by atoms with van der Waals surface area (Å²) in [5.74, 6) is -1.41. The number of carboxylic acid groups (broad SMARTS) is 1. The molecule has 7 nitrogen and oxygen atoms in total. The Balaban J connectivity index is 2.00. The Kier molecular flexibility index (Phi) is 4.11. The maximum absolute atomic E-state index is 12.1. The summed E-state index contributed by atoms with van der Waals surface area (Å²) in [6, 6.07) is 5.91. The van der Waals surface area contributed by atoms with Gasteiger partial charge in [0.05, 0.1) is 0 Å². The van der Waals surface area contributed by atoms with E-state index in [0.717, 1.165) is 12.0 Å². The number of nitrogens with one attached hydrogen (secondary N) is 2. The number of aliphatic carboxylic acids is 1. The van der Waals surface area contributed by atoms with Gasteiger partial charge in [0.1, 0.15) is 5.54 Å². The van der Waals surface area contributed by atoms with Crippen LogP contribution < -0.4 is 16.4 Å². The Morgan fingerprint density at radius 3 is 2.24 bits per heavy atom. The van der Waals surface area contributed by atoms with Crippen LogP contribution in [0.15, 0.2) is 24.3 Å². The van der Waals surface area contributed by atoms with Crippen molar-refractivity contribution in [2.24, 2.45) is 5.73 Å². The number of carbonyl (C=O) groups excluding carboxylic acids is 2. The zero-order valence-corrected chi connectivity index (χ0v) is 11.4. The maximum Gasteiger partial charge on any atom is 0.329 e. The summed E-state index contributed by atoms with van der Waals surface area (Å²) in [6.45, 7) is 0.274. The van der Waals surface area contributed by atoms with E-state index in [0.29, 0.717) is 18.4 Å². The van der Waals surface area contributed by atoms with Crippen molar-refractivity contribution in [3.63, 3.8) is 0 Å². The largest absolute Gasteiger partial charge is 0.480 e. The van der Waals surface area contributed by atoms with Crippen molar-refractivity contribution in [1.82, 2.24) is 10.6 Å². The van der Waals surface area contributed by atoms with E-state index in [4.69, 9.17) is 5.73 Å². The number of amides is 3. The van der Waals surface area contributed by atoms with Gasteiger partial charge in [0.25, 0.3) is 5.91 Å². The summed E-state index contributed by atoms with van der Waals surface area (Å²) in [4.78, 5) is 33.9. The third-order valence-corrected chi connectivity index (χ3v) is 3.65. The minimum atomic E-state index is -1.12. The second-order valence-electron chi connectivity index (χ2n) is 5.11. The van der Waals surface area contributed by atoms with E-state index in [2.05, 4.69) is 10.6 Å². The fraction of sp³-hybridized carbons (Fsp3) is 0.357. The van der Waals surface area contributed by atoms with Crippen LogP contribution in [0.5, 0.6) is 0 Å². The first kappa shape index (κ1) is 14.8. The fourth-order valence-corrected chi connectivity index (χ4v) is 2.18. The second kappa shape index (κ2) is 5.82. The minimum absolute atomic E-state index is 0.274. The van der Waals surface area contributed by atoms with Crippen LogP contribution in [0.25, 0.3) is 0 Å². The minimum Gasteiger partial charge on any atom is -0.480 e. The summed E-state index contributed by atoms with van der Waals surface area (Å²) in [7, 11) is 0. The highest BCUT2D eigenvalue weighted by Gasteiger charge is 2.45. The molecule has 0 aromatic heterocycles. The maximum atomic E-state index is 12.1. The first-order chi connectivity index (χ1) is 9.93. The van der Waals surface area contributed by atoms with Gasteiger partial charge in [-0.15, -0.1) is 0 Å². The van der Waals surface area contributed by atoms with Crippen LogP contribution in [-0.2, 0) is 11.3 Å². The molecule has 1 fully saturated rings. The predicted molar refractivity (Wildman–Crippen MR) is 74.5 cm³/mol. The third kappa shape index (κ3) is 3.31. The molecule has 3 amide bonds. The molecule has 21 heavy (non-hydrogen) atoms. The van der Waals surface area contributed by atoms with Gasteiger partial charge < -0.3 is 21.5 Å². The number of carboxylic acids is 1. The highest BCUT2D eigenvalue weighted by molar-refractivity contribution is 5.98. The van der Waals surface area contributed by atoms with Crippen molar-refractivity contribution in [2.75, 3.05) is 0 Å². The van der Waals surface area contributed by atoms with E-state index in [1.807, 2.05) is 0 Å². The van der Waals surface area contributed by atoms with E-state index in [1.165, 1.54) is 0 Å². The molecule has 0 spiro atoms. The molecule has 0 unspecified atom stereocenters. The van der Waals surface area contributed by atoms with Crippen LogP contribution in [-0.4, -0.2) is 28.6 Å². The Bertz CT molecular complexity index is 564. The number of hydrogen-bond acceptors (Lipinski definition) is 3. The van der Waals surface area contributed by atoms with E-state index in [1.54, 1.807) is 24.3 Å². The topological polar surface area (TPSA) is 122 Å². The summed E-state index contributed by atoms with van der Waals surface area (Å²) < 4.78 is 0. The van der Waals surface area contributed by atoms with E-state index < -0.39 is 23.4 Å². The highest BCUT2D eigenvalue weighted by atomic mass is 16.4. The molecular formula is C14H17N3O4. The molecule has 2 rings (SSSR count). The number of benzene rings is 1. The van der Waals surface area contributed by atoms with Gasteiger partial charge in [0.15, 0.2) is 0 Å². The average Bonchev–Trinajstić information content (AvgIpc) is 2.40. The third-order valence-electron chi connectivity index (χ3n) is 3.65. The van der Waals surface area contributed by atoms with Crippen LogP contribution in [0.4, 0.5) is 4.79 Å². The summed E-state index contributed by atoms with van der Waals surface area (Å²) in [5.41, 5.74) is 5.02. The van der Waals surface area contributed by atoms with Crippen LogP contribution in [0.2, 0.25) is 0 Å². The molecule has 1 aliphatic rings. The number of nitrogens with two attached hydrogens (primary N) is 1. The molecule has 0 heterocycles. The summed E-state index contributed by atoms with van der Waals surface area (Å²) in [6.07, 6.45) is 1.70. The number of hydrogen-bond donors (Lipinski definition) is 4. The zero-order chi connectivity index (χ0) is 15.5. The van der Waals surface area contributed by atoms with Gasteiger partial charge in [0, 0.05) is 12.1 Å². The Labute approximate surface area is 121 Å². The van der Waals surface area contributed by atoms with Crippen LogP contribution in [0.1, 0.15) is 35.2 Å². The van der Waals surface area contributed by atoms with E-state index >= 15 is 0 Å². The van der Waals surface area contributed by atoms with Crippen molar-refractivity contribution in [2.45, 2.75) is 31.3 Å². The molecule has 5 N–H and O–H groups in total. The van der Waals surface area contributed by atoms with Gasteiger partial charge in [-0.1, -0.05) is 12.1 Å². The fourth-order valence-electron chi connectivity index (χ4n) is 2.18. The molecule has 1 aromatic rings. The molecule has 112 valence electrons. The second-order valence-corrected chi connectivity index (χ2v) is 5.11. The van der Waals surface area contributed by atoms with Crippen LogP contribution in [0.3, 0.4) is 0 Å². The number of primary amides is 1. The molecule has 1 aliphatic carbocycles. The molecule has 0 aliphatic heterocycles. The van der Waals surface area contributed by atoms with Gasteiger partial charge in [-0.3, -0.25) is 4.79 Å². The molecule has 7 heteroatoms. The number of carbonyl (C=O) groups is 3. The Morgan fingerprint density at radius 2 is 1.81 bits per heavy atom. The standard InChI is InChI=1S/C14H17N3O4/c15-13(21)16-8-9-2-4-10(5-3-9)11(18)17-14(12(19)20)6-1-7-14/h2-5H,1,6-8H2,(H,17,18)(H,19,20)(H3,15,16,21). The Hall–Kier alpha value is -2.57. The van der Waals surface area contributed by atoms with Gasteiger partial charge in [0.2, 0.25) is 0 Å².